The molecular formula is C17H15F3N2OS. The molecule has 2 N–H and O–H groups in total. The van der Waals surface area contributed by atoms with E-state index in [4.69, 9.17) is 12.2 Å². The first-order valence-electron chi connectivity index (χ1n) is 7.03. The number of amides is 1. The maximum absolute atomic E-state index is 12.7. The number of rotatable bonds is 2. The van der Waals surface area contributed by atoms with Crippen LogP contribution >= 0.6 is 12.2 Å². The van der Waals surface area contributed by atoms with Crippen LogP contribution in [0.3, 0.4) is 0 Å². The predicted octanol–water partition coefficient (Wildman–Crippen LogP) is 4.45. The number of aryl methyl sites for hydroxylation is 2. The minimum Gasteiger partial charge on any atom is -0.332 e. The fourth-order valence-corrected chi connectivity index (χ4v) is 2.43. The number of hydrogen-bond donors (Lipinski definition) is 2. The first-order chi connectivity index (χ1) is 11.1. The van der Waals surface area contributed by atoms with Gasteiger partial charge in [-0.3, -0.25) is 10.1 Å². The highest BCUT2D eigenvalue weighted by Crippen LogP contribution is 2.30. The molecule has 0 radical (unpaired) electrons. The highest BCUT2D eigenvalue weighted by molar-refractivity contribution is 7.80. The van der Waals surface area contributed by atoms with Crippen LogP contribution in [0.4, 0.5) is 18.9 Å². The molecule has 7 heteroatoms. The van der Waals surface area contributed by atoms with Crippen molar-refractivity contribution in [3.05, 3.63) is 64.7 Å². The lowest BCUT2D eigenvalue weighted by Crippen LogP contribution is -2.34. The van der Waals surface area contributed by atoms with Gasteiger partial charge < -0.3 is 5.32 Å². The molecule has 0 aliphatic rings. The lowest BCUT2D eigenvalue weighted by Gasteiger charge is -2.12. The second-order valence-corrected chi connectivity index (χ2v) is 5.77. The maximum atomic E-state index is 12.7. The largest absolute Gasteiger partial charge is 0.416 e. The Morgan fingerprint density at radius 1 is 1.04 bits per heavy atom. The van der Waals surface area contributed by atoms with Crippen LogP contribution < -0.4 is 10.6 Å². The number of anilines is 1. The molecule has 0 saturated heterocycles. The fourth-order valence-electron chi connectivity index (χ4n) is 2.22. The van der Waals surface area contributed by atoms with E-state index in [2.05, 4.69) is 10.6 Å². The quantitative estimate of drug-likeness (QED) is 0.785. The first kappa shape index (κ1) is 17.9. The van der Waals surface area contributed by atoms with E-state index in [1.165, 1.54) is 12.1 Å². The lowest BCUT2D eigenvalue weighted by molar-refractivity contribution is -0.137. The summed E-state index contributed by atoms with van der Waals surface area (Å²) >= 11 is 4.99. The number of halogens is 3. The van der Waals surface area contributed by atoms with Crippen molar-refractivity contribution in [2.24, 2.45) is 0 Å². The molecule has 2 rings (SSSR count). The Kier molecular flexibility index (Phi) is 5.23. The highest BCUT2D eigenvalue weighted by Gasteiger charge is 2.30. The van der Waals surface area contributed by atoms with Crippen molar-refractivity contribution in [2.45, 2.75) is 20.0 Å². The van der Waals surface area contributed by atoms with Crippen LogP contribution in [-0.4, -0.2) is 11.0 Å². The van der Waals surface area contributed by atoms with Gasteiger partial charge >= 0.3 is 6.18 Å². The third-order valence-electron chi connectivity index (χ3n) is 3.16. The lowest BCUT2D eigenvalue weighted by atomic mass is 10.1. The van der Waals surface area contributed by atoms with Crippen LogP contribution in [0.2, 0.25) is 0 Å². The Labute approximate surface area is 142 Å². The Morgan fingerprint density at radius 3 is 2.25 bits per heavy atom. The highest BCUT2D eigenvalue weighted by atomic mass is 32.1. The van der Waals surface area contributed by atoms with Crippen molar-refractivity contribution >= 4 is 28.9 Å². The van der Waals surface area contributed by atoms with E-state index in [9.17, 15) is 18.0 Å². The average molecular weight is 352 g/mol. The number of carbonyl (C=O) groups excluding carboxylic acids is 1. The van der Waals surface area contributed by atoms with Gasteiger partial charge in [-0.2, -0.15) is 13.2 Å². The SMILES string of the molecule is Cc1cc(C)cc(C(=O)NC(=S)Nc2cccc(C(F)(F)F)c2)c1. The van der Waals surface area contributed by atoms with Crippen molar-refractivity contribution in [2.75, 3.05) is 5.32 Å². The average Bonchev–Trinajstić information content (AvgIpc) is 2.45. The smallest absolute Gasteiger partial charge is 0.332 e. The summed E-state index contributed by atoms with van der Waals surface area (Å²) in [6.45, 7) is 3.73. The van der Waals surface area contributed by atoms with E-state index < -0.39 is 17.6 Å². The molecule has 24 heavy (non-hydrogen) atoms. The maximum Gasteiger partial charge on any atom is 0.416 e. The summed E-state index contributed by atoms with van der Waals surface area (Å²) in [7, 11) is 0. The molecule has 0 unspecified atom stereocenters. The Morgan fingerprint density at radius 2 is 1.67 bits per heavy atom. The van der Waals surface area contributed by atoms with E-state index in [0.717, 1.165) is 23.3 Å². The van der Waals surface area contributed by atoms with Gasteiger partial charge in [0.05, 0.1) is 5.56 Å². The minimum atomic E-state index is -4.44. The third kappa shape index (κ3) is 4.79. The Bertz CT molecular complexity index is 767. The summed E-state index contributed by atoms with van der Waals surface area (Å²) in [6.07, 6.45) is -4.44. The van der Waals surface area contributed by atoms with Crippen LogP contribution in [0, 0.1) is 13.8 Å². The molecule has 2 aromatic carbocycles. The summed E-state index contributed by atoms with van der Waals surface area (Å²) in [5, 5.41) is 4.97. The molecule has 0 saturated carbocycles. The van der Waals surface area contributed by atoms with Crippen LogP contribution in [0.15, 0.2) is 42.5 Å². The topological polar surface area (TPSA) is 41.1 Å². The van der Waals surface area contributed by atoms with Gasteiger partial charge in [0.1, 0.15) is 0 Å². The van der Waals surface area contributed by atoms with Gasteiger partial charge in [0.25, 0.3) is 5.91 Å². The van der Waals surface area contributed by atoms with Gasteiger partial charge in [0.15, 0.2) is 5.11 Å². The number of alkyl halides is 3. The predicted molar refractivity (Wildman–Crippen MR) is 91.0 cm³/mol. The molecule has 0 aromatic heterocycles. The molecular weight excluding hydrogens is 337 g/mol. The summed E-state index contributed by atoms with van der Waals surface area (Å²) in [5.41, 5.74) is 1.64. The number of nitrogens with one attached hydrogen (secondary N) is 2. The summed E-state index contributed by atoms with van der Waals surface area (Å²) in [6, 6.07) is 9.92. The van der Waals surface area contributed by atoms with Crippen molar-refractivity contribution < 1.29 is 18.0 Å². The van der Waals surface area contributed by atoms with Crippen molar-refractivity contribution in [1.29, 1.82) is 0 Å². The van der Waals surface area contributed by atoms with Gasteiger partial charge in [-0.1, -0.05) is 23.3 Å². The van der Waals surface area contributed by atoms with Crippen LogP contribution in [-0.2, 0) is 6.18 Å². The molecule has 0 spiro atoms. The van der Waals surface area contributed by atoms with Gasteiger partial charge in [0.2, 0.25) is 0 Å². The summed E-state index contributed by atoms with van der Waals surface area (Å²) in [4.78, 5) is 12.2. The molecule has 3 nitrogen and oxygen atoms in total. The van der Waals surface area contributed by atoms with E-state index in [1.807, 2.05) is 19.9 Å². The monoisotopic (exact) mass is 352 g/mol. The zero-order valence-electron chi connectivity index (χ0n) is 13.0. The standard InChI is InChI=1S/C17H15F3N2OS/c1-10-6-11(2)8-12(7-10)15(23)22-16(24)21-14-5-3-4-13(9-14)17(18,19)20/h3-9H,1-2H3,(H2,21,22,23,24). The van der Waals surface area contributed by atoms with Crippen LogP contribution in [0.1, 0.15) is 27.0 Å². The van der Waals surface area contributed by atoms with Gasteiger partial charge in [-0.25, -0.2) is 0 Å². The molecule has 0 fully saturated rings. The number of hydrogen-bond acceptors (Lipinski definition) is 2. The normalized spacial score (nSPS) is 11.0. The number of carbonyl (C=O) groups is 1. The van der Waals surface area contributed by atoms with Gasteiger partial charge in [0, 0.05) is 11.3 Å². The molecule has 0 bridgehead atoms. The molecule has 0 atom stereocenters. The molecule has 126 valence electrons. The minimum absolute atomic E-state index is 0.0708. The van der Waals surface area contributed by atoms with Gasteiger partial charge in [-0.05, 0) is 56.4 Å². The summed E-state index contributed by atoms with van der Waals surface area (Å²) in [5.74, 6) is -0.425. The van der Waals surface area contributed by atoms with E-state index in [-0.39, 0.29) is 10.8 Å². The molecule has 0 heterocycles. The second kappa shape index (κ2) is 7.00. The third-order valence-corrected chi connectivity index (χ3v) is 3.36. The van der Waals surface area contributed by atoms with Crippen molar-refractivity contribution in [1.82, 2.24) is 5.32 Å². The van der Waals surface area contributed by atoms with E-state index >= 15 is 0 Å². The second-order valence-electron chi connectivity index (χ2n) is 5.36. The first-order valence-corrected chi connectivity index (χ1v) is 7.44. The fraction of sp³-hybridized carbons (Fsp3) is 0.176. The zero-order chi connectivity index (χ0) is 17.9. The molecule has 1 amide bonds. The Balaban J connectivity index is 2.07. The van der Waals surface area contributed by atoms with Crippen molar-refractivity contribution in [3.63, 3.8) is 0 Å². The number of benzene rings is 2. The van der Waals surface area contributed by atoms with Gasteiger partial charge in [-0.15, -0.1) is 0 Å². The molecule has 0 aliphatic carbocycles. The molecule has 2 aromatic rings. The van der Waals surface area contributed by atoms with E-state index in [0.29, 0.717) is 5.56 Å². The number of thiocarbonyl (C=S) groups is 1. The van der Waals surface area contributed by atoms with Crippen LogP contribution in [0.25, 0.3) is 0 Å². The van der Waals surface area contributed by atoms with E-state index in [1.54, 1.807) is 12.1 Å². The summed E-state index contributed by atoms with van der Waals surface area (Å²) < 4.78 is 38.0. The Hall–Kier alpha value is -2.41. The van der Waals surface area contributed by atoms with Crippen LogP contribution in [0.5, 0.6) is 0 Å². The molecule has 0 aliphatic heterocycles. The van der Waals surface area contributed by atoms with Crippen molar-refractivity contribution in [3.8, 4) is 0 Å². The zero-order valence-corrected chi connectivity index (χ0v) is 13.8.